The van der Waals surface area contributed by atoms with E-state index in [1.165, 1.54) is 48.3 Å². The number of nitrogens with zero attached hydrogens (tertiary/aromatic N) is 3. The molecule has 10 heteroatoms. The van der Waals surface area contributed by atoms with Crippen LogP contribution in [0.2, 0.25) is 5.02 Å². The van der Waals surface area contributed by atoms with Gasteiger partial charge in [-0.25, -0.2) is 13.4 Å². The maximum absolute atomic E-state index is 13.2. The van der Waals surface area contributed by atoms with Gasteiger partial charge in [-0.1, -0.05) is 37.3 Å². The summed E-state index contributed by atoms with van der Waals surface area (Å²) in [6, 6.07) is 4.29. The van der Waals surface area contributed by atoms with Crippen LogP contribution in [0.4, 0.5) is 11.5 Å². The number of sulfone groups is 1. The number of rotatable bonds is 8. The van der Waals surface area contributed by atoms with Crippen molar-refractivity contribution in [3.8, 4) is 0 Å². The largest absolute Gasteiger partial charge is 0.393 e. The lowest BCUT2D eigenvalue weighted by atomic mass is 10.0. The maximum Gasteiger partial charge on any atom is 0.232 e. The first-order chi connectivity index (χ1) is 14.7. The molecule has 31 heavy (non-hydrogen) atoms. The summed E-state index contributed by atoms with van der Waals surface area (Å²) in [6.45, 7) is -0.499. The predicted octanol–water partition coefficient (Wildman–Crippen LogP) is 3.19. The number of carbonyl (C=O) groups excluding carboxylic acids is 1. The molecule has 1 fully saturated rings. The number of carbonyl (C=O) groups is 1. The van der Waals surface area contributed by atoms with E-state index in [1.54, 1.807) is 0 Å². The smallest absolute Gasteiger partial charge is 0.232 e. The standard InChI is InChI=1S/C21H26ClN3O5S/c1-31(29,30)19-8-7-15(10-16(19)22)25(21(28)9-6-14-4-2-3-5-14)20-12-23-17(11-24-20)18(27)13-26/h7-8,10-12,14,18,26-27H,2-6,9,13H2,1H3/t18-/m1/s1. The Morgan fingerprint density at radius 2 is 1.97 bits per heavy atom. The Balaban J connectivity index is 1.93. The summed E-state index contributed by atoms with van der Waals surface area (Å²) in [5, 5.41) is 18.8. The molecule has 1 aromatic heterocycles. The lowest BCUT2D eigenvalue weighted by molar-refractivity contribution is -0.118. The van der Waals surface area contributed by atoms with Gasteiger partial charge >= 0.3 is 0 Å². The second kappa shape index (κ2) is 10.0. The van der Waals surface area contributed by atoms with Crippen molar-refractivity contribution in [2.75, 3.05) is 17.8 Å². The van der Waals surface area contributed by atoms with Crippen molar-refractivity contribution >= 4 is 38.9 Å². The average Bonchev–Trinajstić information content (AvgIpc) is 3.25. The lowest BCUT2D eigenvalue weighted by Gasteiger charge is -2.23. The monoisotopic (exact) mass is 467 g/mol. The van der Waals surface area contributed by atoms with Crippen molar-refractivity contribution in [2.45, 2.75) is 49.5 Å². The number of aromatic nitrogens is 2. The van der Waals surface area contributed by atoms with Crippen LogP contribution in [0.15, 0.2) is 35.5 Å². The second-order valence-corrected chi connectivity index (χ2v) is 10.2. The van der Waals surface area contributed by atoms with Crippen LogP contribution in [-0.4, -0.2) is 47.4 Å². The van der Waals surface area contributed by atoms with Gasteiger partial charge in [-0.15, -0.1) is 0 Å². The lowest BCUT2D eigenvalue weighted by Crippen LogP contribution is -2.27. The highest BCUT2D eigenvalue weighted by Gasteiger charge is 2.24. The molecule has 2 N–H and O–H groups in total. The van der Waals surface area contributed by atoms with Crippen molar-refractivity contribution in [1.29, 1.82) is 0 Å². The van der Waals surface area contributed by atoms with E-state index in [9.17, 15) is 18.3 Å². The van der Waals surface area contributed by atoms with E-state index in [0.29, 0.717) is 18.0 Å². The maximum atomic E-state index is 13.2. The Morgan fingerprint density at radius 3 is 2.52 bits per heavy atom. The SMILES string of the molecule is CS(=O)(=O)c1ccc(N(C(=O)CCC2CCCC2)c2cnc([C@H](O)CO)cn2)cc1Cl. The molecule has 1 aliphatic rings. The van der Waals surface area contributed by atoms with Crippen LogP contribution in [-0.2, 0) is 14.6 Å². The van der Waals surface area contributed by atoms with Crippen LogP contribution in [0.1, 0.15) is 50.3 Å². The third-order valence-electron chi connectivity index (χ3n) is 5.47. The van der Waals surface area contributed by atoms with Gasteiger partial charge in [-0.2, -0.15) is 0 Å². The van der Waals surface area contributed by atoms with Crippen molar-refractivity contribution in [2.24, 2.45) is 5.92 Å². The third kappa shape index (κ3) is 5.79. The summed E-state index contributed by atoms with van der Waals surface area (Å²) in [5.74, 6) is 0.531. The molecule has 1 amide bonds. The van der Waals surface area contributed by atoms with E-state index in [1.807, 2.05) is 0 Å². The molecule has 0 aliphatic heterocycles. The zero-order chi connectivity index (χ0) is 22.6. The molecule has 1 aromatic carbocycles. The normalized spacial score (nSPS) is 15.7. The highest BCUT2D eigenvalue weighted by atomic mass is 35.5. The van der Waals surface area contributed by atoms with Crippen LogP contribution >= 0.6 is 11.6 Å². The molecule has 2 aromatic rings. The molecule has 0 saturated heterocycles. The Bertz CT molecular complexity index is 1020. The van der Waals surface area contributed by atoms with Crippen LogP contribution in [0.3, 0.4) is 0 Å². The summed E-state index contributed by atoms with van der Waals surface area (Å²) in [4.78, 5) is 22.8. The van der Waals surface area contributed by atoms with Gasteiger partial charge in [0.25, 0.3) is 0 Å². The van der Waals surface area contributed by atoms with Crippen LogP contribution in [0.5, 0.6) is 0 Å². The van der Waals surface area contributed by atoms with E-state index < -0.39 is 22.5 Å². The van der Waals surface area contributed by atoms with Gasteiger partial charge in [0.15, 0.2) is 15.7 Å². The van der Waals surface area contributed by atoms with Crippen LogP contribution in [0.25, 0.3) is 0 Å². The van der Waals surface area contributed by atoms with Crippen LogP contribution < -0.4 is 4.90 Å². The van der Waals surface area contributed by atoms with Crippen molar-refractivity contribution in [1.82, 2.24) is 9.97 Å². The number of hydrogen-bond acceptors (Lipinski definition) is 7. The summed E-state index contributed by atoms with van der Waals surface area (Å²) in [7, 11) is -3.52. The Morgan fingerprint density at radius 1 is 1.26 bits per heavy atom. The van der Waals surface area contributed by atoms with Crippen molar-refractivity contribution in [3.63, 3.8) is 0 Å². The fourth-order valence-corrected chi connectivity index (χ4v) is 5.11. The molecule has 8 nitrogen and oxygen atoms in total. The molecule has 1 saturated carbocycles. The Kier molecular flexibility index (Phi) is 7.64. The second-order valence-electron chi connectivity index (χ2n) is 7.80. The topological polar surface area (TPSA) is 121 Å². The first-order valence-corrected chi connectivity index (χ1v) is 12.4. The molecule has 1 heterocycles. The predicted molar refractivity (Wildman–Crippen MR) is 117 cm³/mol. The third-order valence-corrected chi connectivity index (χ3v) is 7.05. The van der Waals surface area contributed by atoms with Gasteiger partial charge in [-0.3, -0.25) is 14.7 Å². The molecule has 0 unspecified atom stereocenters. The highest BCUT2D eigenvalue weighted by Crippen LogP contribution is 2.33. The molecular weight excluding hydrogens is 442 g/mol. The Labute approximate surface area is 186 Å². The zero-order valence-corrected chi connectivity index (χ0v) is 18.8. The summed E-state index contributed by atoms with van der Waals surface area (Å²) in [5.41, 5.74) is 0.550. The number of halogens is 1. The van der Waals surface area contributed by atoms with E-state index >= 15 is 0 Å². The van der Waals surface area contributed by atoms with E-state index in [0.717, 1.165) is 25.5 Å². The molecule has 0 bridgehead atoms. The number of aliphatic hydroxyl groups excluding tert-OH is 2. The Hall–Kier alpha value is -2.07. The van der Waals surface area contributed by atoms with Gasteiger partial charge < -0.3 is 10.2 Å². The van der Waals surface area contributed by atoms with Gasteiger partial charge in [0.1, 0.15) is 6.10 Å². The number of aliphatic hydroxyl groups is 2. The molecular formula is C21H26ClN3O5S. The average molecular weight is 468 g/mol. The quantitative estimate of drug-likeness (QED) is 0.611. The minimum atomic E-state index is -3.52. The number of anilines is 2. The van der Waals surface area contributed by atoms with Gasteiger partial charge in [0, 0.05) is 12.7 Å². The molecule has 1 aliphatic carbocycles. The molecule has 168 valence electrons. The van der Waals surface area contributed by atoms with E-state index in [-0.39, 0.29) is 27.3 Å². The zero-order valence-electron chi connectivity index (χ0n) is 17.2. The minimum absolute atomic E-state index is 0.00822. The summed E-state index contributed by atoms with van der Waals surface area (Å²) >= 11 is 6.20. The first-order valence-electron chi connectivity index (χ1n) is 10.1. The van der Waals surface area contributed by atoms with Crippen molar-refractivity contribution in [3.05, 3.63) is 41.3 Å². The van der Waals surface area contributed by atoms with E-state index in [2.05, 4.69) is 9.97 Å². The summed E-state index contributed by atoms with van der Waals surface area (Å²) < 4.78 is 23.8. The fraction of sp³-hybridized carbons (Fsp3) is 0.476. The molecule has 0 spiro atoms. The summed E-state index contributed by atoms with van der Waals surface area (Å²) in [6.07, 6.45) is 8.20. The number of benzene rings is 1. The fourth-order valence-electron chi connectivity index (χ4n) is 3.78. The first kappa shape index (κ1) is 23.6. The van der Waals surface area contributed by atoms with Crippen LogP contribution in [0, 0.1) is 5.92 Å². The molecule has 0 radical (unpaired) electrons. The van der Waals surface area contributed by atoms with Gasteiger partial charge in [0.2, 0.25) is 5.91 Å². The number of amides is 1. The minimum Gasteiger partial charge on any atom is -0.393 e. The van der Waals surface area contributed by atoms with Gasteiger partial charge in [0.05, 0.1) is 40.3 Å². The molecule has 3 rings (SSSR count). The highest BCUT2D eigenvalue weighted by molar-refractivity contribution is 7.90. The van der Waals surface area contributed by atoms with E-state index in [4.69, 9.17) is 16.7 Å². The number of hydrogen-bond donors (Lipinski definition) is 2. The van der Waals surface area contributed by atoms with Crippen molar-refractivity contribution < 1.29 is 23.4 Å². The molecule has 1 atom stereocenters. The van der Waals surface area contributed by atoms with Gasteiger partial charge in [-0.05, 0) is 30.5 Å².